The van der Waals surface area contributed by atoms with E-state index in [0.29, 0.717) is 25.8 Å². The number of aryl methyl sites for hydroxylation is 1. The molecule has 0 aliphatic rings. The summed E-state index contributed by atoms with van der Waals surface area (Å²) in [5.41, 5.74) is 8.00. The summed E-state index contributed by atoms with van der Waals surface area (Å²) >= 11 is 0. The van der Waals surface area contributed by atoms with Crippen molar-refractivity contribution in [3.63, 3.8) is 0 Å². The first-order valence-corrected chi connectivity index (χ1v) is 9.58. The molecule has 2 aromatic rings. The summed E-state index contributed by atoms with van der Waals surface area (Å²) in [7, 11) is 3.33. The molecule has 156 valence electrons. The predicted molar refractivity (Wildman–Crippen MR) is 110 cm³/mol. The molecule has 2 atom stereocenters. The number of carbonyl (C=O) groups excluding carboxylic acids is 2. The van der Waals surface area contributed by atoms with Gasteiger partial charge in [0.05, 0.1) is 6.04 Å². The molecule has 0 spiro atoms. The molecule has 0 aliphatic heterocycles. The number of phenolic OH excluding ortho intramolecular Hbond substituents is 1. The lowest BCUT2D eigenvalue weighted by molar-refractivity contribution is -0.144. The number of aromatic nitrogens is 2. The van der Waals surface area contributed by atoms with Crippen LogP contribution in [0.4, 0.5) is 0 Å². The molecule has 0 saturated heterocycles. The van der Waals surface area contributed by atoms with Crippen LogP contribution in [-0.2, 0) is 22.4 Å². The van der Waals surface area contributed by atoms with Gasteiger partial charge in [-0.3, -0.25) is 9.59 Å². The van der Waals surface area contributed by atoms with Crippen molar-refractivity contribution in [1.29, 1.82) is 0 Å². The second kappa shape index (κ2) is 10.5. The fourth-order valence-electron chi connectivity index (χ4n) is 3.10. The summed E-state index contributed by atoms with van der Waals surface area (Å²) in [5.74, 6) is -0.270. The SMILES string of the molecule is C[C@H](C(=O)N(C)C)N(CCCc1cncnc1)C(=O)C(N)Cc1ccc(O)cc1. The van der Waals surface area contributed by atoms with Gasteiger partial charge in [0, 0.05) is 33.0 Å². The maximum atomic E-state index is 13.1. The molecule has 2 amide bonds. The lowest BCUT2D eigenvalue weighted by Gasteiger charge is -2.32. The number of hydrogen-bond donors (Lipinski definition) is 2. The molecule has 2 rings (SSSR count). The topological polar surface area (TPSA) is 113 Å². The van der Waals surface area contributed by atoms with Crippen molar-refractivity contribution >= 4 is 11.8 Å². The van der Waals surface area contributed by atoms with E-state index in [1.807, 2.05) is 0 Å². The molecule has 3 N–H and O–H groups in total. The largest absolute Gasteiger partial charge is 0.508 e. The summed E-state index contributed by atoms with van der Waals surface area (Å²) < 4.78 is 0. The Hall–Kier alpha value is -3.00. The third-order valence-corrected chi connectivity index (χ3v) is 4.74. The van der Waals surface area contributed by atoms with Crippen LogP contribution in [0.15, 0.2) is 43.0 Å². The Bertz CT molecular complexity index is 796. The van der Waals surface area contributed by atoms with Gasteiger partial charge in [-0.1, -0.05) is 12.1 Å². The average molecular weight is 399 g/mol. The Labute approximate surface area is 171 Å². The molecule has 1 unspecified atom stereocenters. The molecule has 0 aliphatic carbocycles. The van der Waals surface area contributed by atoms with Crippen molar-refractivity contribution in [3.05, 3.63) is 54.1 Å². The fourth-order valence-corrected chi connectivity index (χ4v) is 3.10. The molecule has 1 heterocycles. The highest BCUT2D eigenvalue weighted by atomic mass is 16.3. The number of phenols is 1. The van der Waals surface area contributed by atoms with Crippen LogP contribution in [-0.4, -0.2) is 69.4 Å². The van der Waals surface area contributed by atoms with Crippen LogP contribution in [0.1, 0.15) is 24.5 Å². The predicted octanol–water partition coefficient (Wildman–Crippen LogP) is 0.990. The summed E-state index contributed by atoms with van der Waals surface area (Å²) in [6, 6.07) is 5.19. The second-order valence-electron chi connectivity index (χ2n) is 7.27. The first-order valence-electron chi connectivity index (χ1n) is 9.58. The minimum Gasteiger partial charge on any atom is -0.508 e. The minimum absolute atomic E-state index is 0.154. The smallest absolute Gasteiger partial charge is 0.244 e. The van der Waals surface area contributed by atoms with E-state index in [2.05, 4.69) is 9.97 Å². The van der Waals surface area contributed by atoms with Crippen molar-refractivity contribution in [2.45, 2.75) is 38.3 Å². The van der Waals surface area contributed by atoms with Gasteiger partial charge in [0.2, 0.25) is 11.8 Å². The fraction of sp³-hybridized carbons (Fsp3) is 0.429. The van der Waals surface area contributed by atoms with Crippen molar-refractivity contribution in [2.24, 2.45) is 5.73 Å². The molecular formula is C21H29N5O3. The third kappa shape index (κ3) is 6.53. The summed E-state index contributed by atoms with van der Waals surface area (Å²) in [6.45, 7) is 2.12. The summed E-state index contributed by atoms with van der Waals surface area (Å²) in [5, 5.41) is 9.41. The Morgan fingerprint density at radius 3 is 2.28 bits per heavy atom. The summed E-state index contributed by atoms with van der Waals surface area (Å²) in [4.78, 5) is 36.6. The Morgan fingerprint density at radius 2 is 1.69 bits per heavy atom. The van der Waals surface area contributed by atoms with Gasteiger partial charge in [-0.05, 0) is 49.4 Å². The van der Waals surface area contributed by atoms with Crippen LogP contribution in [0.2, 0.25) is 0 Å². The van der Waals surface area contributed by atoms with Crippen molar-refractivity contribution < 1.29 is 14.7 Å². The van der Waals surface area contributed by atoms with Gasteiger partial charge in [-0.2, -0.15) is 0 Å². The second-order valence-corrected chi connectivity index (χ2v) is 7.27. The van der Waals surface area contributed by atoms with Crippen LogP contribution in [0, 0.1) is 0 Å². The van der Waals surface area contributed by atoms with E-state index in [1.54, 1.807) is 62.6 Å². The number of likely N-dealkylation sites (N-methyl/N-ethyl adjacent to an activating group) is 1. The van der Waals surface area contributed by atoms with Crippen molar-refractivity contribution in [1.82, 2.24) is 19.8 Å². The molecule has 0 saturated carbocycles. The molecule has 0 radical (unpaired) electrons. The molecule has 1 aromatic carbocycles. The van der Waals surface area contributed by atoms with Gasteiger partial charge in [0.25, 0.3) is 0 Å². The number of hydrogen-bond acceptors (Lipinski definition) is 6. The third-order valence-electron chi connectivity index (χ3n) is 4.74. The van der Waals surface area contributed by atoms with E-state index in [0.717, 1.165) is 11.1 Å². The Balaban J connectivity index is 2.08. The zero-order valence-electron chi connectivity index (χ0n) is 17.2. The Morgan fingerprint density at radius 1 is 1.07 bits per heavy atom. The van der Waals surface area contributed by atoms with Gasteiger partial charge in [-0.15, -0.1) is 0 Å². The average Bonchev–Trinajstić information content (AvgIpc) is 2.72. The number of nitrogens with two attached hydrogens (primary N) is 1. The highest BCUT2D eigenvalue weighted by molar-refractivity contribution is 5.89. The van der Waals surface area contributed by atoms with E-state index in [4.69, 9.17) is 5.73 Å². The van der Waals surface area contributed by atoms with Crippen LogP contribution in [0.3, 0.4) is 0 Å². The molecule has 8 heteroatoms. The van der Waals surface area contributed by atoms with Crippen LogP contribution >= 0.6 is 0 Å². The lowest BCUT2D eigenvalue weighted by atomic mass is 10.0. The van der Waals surface area contributed by atoms with E-state index in [-0.39, 0.29) is 17.6 Å². The van der Waals surface area contributed by atoms with Crippen molar-refractivity contribution in [3.8, 4) is 5.75 Å². The van der Waals surface area contributed by atoms with Gasteiger partial charge in [0.15, 0.2) is 0 Å². The van der Waals surface area contributed by atoms with E-state index >= 15 is 0 Å². The normalized spacial score (nSPS) is 12.8. The van der Waals surface area contributed by atoms with Crippen LogP contribution < -0.4 is 5.73 Å². The van der Waals surface area contributed by atoms with Gasteiger partial charge in [-0.25, -0.2) is 9.97 Å². The molecule has 1 aromatic heterocycles. The number of aromatic hydroxyl groups is 1. The van der Waals surface area contributed by atoms with Crippen LogP contribution in [0.5, 0.6) is 5.75 Å². The highest BCUT2D eigenvalue weighted by Crippen LogP contribution is 2.14. The number of nitrogens with zero attached hydrogens (tertiary/aromatic N) is 4. The first-order chi connectivity index (χ1) is 13.8. The highest BCUT2D eigenvalue weighted by Gasteiger charge is 2.30. The van der Waals surface area contributed by atoms with Gasteiger partial charge < -0.3 is 20.6 Å². The first kappa shape index (κ1) is 22.3. The number of rotatable bonds is 9. The van der Waals surface area contributed by atoms with Gasteiger partial charge in [0.1, 0.15) is 18.1 Å². The lowest BCUT2D eigenvalue weighted by Crippen LogP contribution is -2.53. The minimum atomic E-state index is -0.781. The van der Waals surface area contributed by atoms with Crippen molar-refractivity contribution in [2.75, 3.05) is 20.6 Å². The molecule has 8 nitrogen and oxygen atoms in total. The molecule has 0 bridgehead atoms. The van der Waals surface area contributed by atoms with Gasteiger partial charge >= 0.3 is 0 Å². The zero-order valence-corrected chi connectivity index (χ0v) is 17.2. The standard InChI is InChI=1S/C21H29N5O3/c1-15(20(28)25(2)3)26(10-4-5-17-12-23-14-24-13-17)21(29)19(22)11-16-6-8-18(27)9-7-16/h6-9,12-15,19,27H,4-5,10-11,22H2,1-3H3/t15-,19?/m1/s1. The van der Waals surface area contributed by atoms with E-state index in [1.165, 1.54) is 11.2 Å². The summed E-state index contributed by atoms with van der Waals surface area (Å²) in [6.07, 6.45) is 6.63. The maximum Gasteiger partial charge on any atom is 0.244 e. The number of carbonyl (C=O) groups is 2. The molecular weight excluding hydrogens is 370 g/mol. The number of amides is 2. The van der Waals surface area contributed by atoms with E-state index < -0.39 is 12.1 Å². The zero-order chi connectivity index (χ0) is 21.4. The molecule has 0 fully saturated rings. The Kier molecular flexibility index (Phi) is 8.09. The monoisotopic (exact) mass is 399 g/mol. The number of benzene rings is 1. The maximum absolute atomic E-state index is 13.1. The van der Waals surface area contributed by atoms with Crippen LogP contribution in [0.25, 0.3) is 0 Å². The quantitative estimate of drug-likeness (QED) is 0.650. The molecule has 29 heavy (non-hydrogen) atoms. The van der Waals surface area contributed by atoms with E-state index in [9.17, 15) is 14.7 Å².